The number of pyridine rings is 1. The standard InChI is InChI=1S/C26H28F4N4O2/c1-16-3-5-20-19(7-10-34(25(20)36)17(2)15-33-11-8-31-9-12-33)24(16)32-23(35)14-18-4-6-21(22(27)13-18)26(28,29)30/h3-7,10,13,17,31H,8-9,11-12,14-15H2,1-2H3,(H,32,35). The van der Waals surface area contributed by atoms with Gasteiger partial charge < -0.3 is 15.2 Å². The number of anilines is 1. The zero-order chi connectivity index (χ0) is 26.0. The third-order valence-electron chi connectivity index (χ3n) is 6.50. The summed E-state index contributed by atoms with van der Waals surface area (Å²) in [4.78, 5) is 28.3. The number of carbonyl (C=O) groups excluding carboxylic acids is 1. The predicted octanol–water partition coefficient (Wildman–Crippen LogP) is 4.12. The fourth-order valence-electron chi connectivity index (χ4n) is 4.59. The molecular formula is C26H28F4N4O2. The van der Waals surface area contributed by atoms with Crippen LogP contribution in [0.3, 0.4) is 0 Å². The molecule has 192 valence electrons. The summed E-state index contributed by atoms with van der Waals surface area (Å²) in [6.07, 6.45) is -3.40. The van der Waals surface area contributed by atoms with Gasteiger partial charge in [0, 0.05) is 55.7 Å². The Morgan fingerprint density at radius 2 is 1.83 bits per heavy atom. The predicted molar refractivity (Wildman–Crippen MR) is 131 cm³/mol. The van der Waals surface area contributed by atoms with Gasteiger partial charge in [0.05, 0.1) is 17.7 Å². The molecule has 1 fully saturated rings. The Labute approximate surface area is 205 Å². The van der Waals surface area contributed by atoms with Crippen LogP contribution in [-0.2, 0) is 17.4 Å². The van der Waals surface area contributed by atoms with Gasteiger partial charge in [0.25, 0.3) is 5.56 Å². The van der Waals surface area contributed by atoms with Crippen LogP contribution in [0.25, 0.3) is 10.8 Å². The maximum atomic E-state index is 13.9. The van der Waals surface area contributed by atoms with Crippen molar-refractivity contribution >= 4 is 22.4 Å². The molecule has 0 radical (unpaired) electrons. The number of nitrogens with one attached hydrogen (secondary N) is 2. The molecule has 0 spiro atoms. The average molecular weight is 505 g/mol. The molecule has 36 heavy (non-hydrogen) atoms. The van der Waals surface area contributed by atoms with Gasteiger partial charge in [0.1, 0.15) is 5.82 Å². The lowest BCUT2D eigenvalue weighted by atomic mass is 10.0. The smallest absolute Gasteiger partial charge is 0.325 e. The molecule has 1 aliphatic heterocycles. The first-order chi connectivity index (χ1) is 17.0. The first-order valence-electron chi connectivity index (χ1n) is 11.8. The molecule has 2 heterocycles. The highest BCUT2D eigenvalue weighted by molar-refractivity contribution is 6.03. The van der Waals surface area contributed by atoms with Crippen molar-refractivity contribution < 1.29 is 22.4 Å². The van der Waals surface area contributed by atoms with Crippen LogP contribution in [-0.4, -0.2) is 48.1 Å². The molecule has 2 aromatic carbocycles. The van der Waals surface area contributed by atoms with Crippen molar-refractivity contribution in [3.8, 4) is 0 Å². The molecule has 1 saturated heterocycles. The molecule has 10 heteroatoms. The van der Waals surface area contributed by atoms with Gasteiger partial charge in [-0.15, -0.1) is 0 Å². The Kier molecular flexibility index (Phi) is 7.46. The molecule has 1 unspecified atom stereocenters. The molecule has 1 aromatic heterocycles. The van der Waals surface area contributed by atoms with Crippen molar-refractivity contribution in [3.05, 3.63) is 75.5 Å². The summed E-state index contributed by atoms with van der Waals surface area (Å²) < 4.78 is 54.0. The summed E-state index contributed by atoms with van der Waals surface area (Å²) in [6, 6.07) is 7.63. The molecule has 1 amide bonds. The summed E-state index contributed by atoms with van der Waals surface area (Å²) in [6.45, 7) is 8.20. The quantitative estimate of drug-likeness (QED) is 0.496. The number of aromatic nitrogens is 1. The number of amides is 1. The SMILES string of the molecule is Cc1ccc2c(=O)n(C(C)CN3CCNCC3)ccc2c1NC(=O)Cc1ccc(C(F)(F)F)c(F)c1. The molecule has 4 rings (SSSR count). The molecule has 2 N–H and O–H groups in total. The molecule has 0 saturated carbocycles. The van der Waals surface area contributed by atoms with Gasteiger partial charge in [0.15, 0.2) is 0 Å². The molecule has 0 bridgehead atoms. The number of fused-ring (bicyclic) bond motifs is 1. The summed E-state index contributed by atoms with van der Waals surface area (Å²) >= 11 is 0. The number of alkyl halides is 3. The highest BCUT2D eigenvalue weighted by atomic mass is 19.4. The highest BCUT2D eigenvalue weighted by Crippen LogP contribution is 2.32. The van der Waals surface area contributed by atoms with Gasteiger partial charge >= 0.3 is 6.18 Å². The fourth-order valence-corrected chi connectivity index (χ4v) is 4.59. The Morgan fingerprint density at radius 3 is 2.50 bits per heavy atom. The van der Waals surface area contributed by atoms with Gasteiger partial charge in [-0.05, 0) is 49.2 Å². The zero-order valence-corrected chi connectivity index (χ0v) is 20.1. The number of aryl methyl sites for hydroxylation is 1. The van der Waals surface area contributed by atoms with Crippen molar-refractivity contribution in [1.82, 2.24) is 14.8 Å². The van der Waals surface area contributed by atoms with Crippen molar-refractivity contribution in [2.24, 2.45) is 0 Å². The number of carbonyl (C=O) groups is 1. The molecular weight excluding hydrogens is 476 g/mol. The first-order valence-corrected chi connectivity index (χ1v) is 11.8. The van der Waals surface area contributed by atoms with Gasteiger partial charge in [-0.25, -0.2) is 4.39 Å². The monoisotopic (exact) mass is 504 g/mol. The van der Waals surface area contributed by atoms with E-state index in [1.54, 1.807) is 35.9 Å². The normalized spacial score (nSPS) is 15.7. The van der Waals surface area contributed by atoms with Crippen LogP contribution in [0.5, 0.6) is 0 Å². The number of benzene rings is 2. The Morgan fingerprint density at radius 1 is 1.11 bits per heavy atom. The van der Waals surface area contributed by atoms with E-state index >= 15 is 0 Å². The van der Waals surface area contributed by atoms with Gasteiger partial charge in [0.2, 0.25) is 5.91 Å². The van der Waals surface area contributed by atoms with Crippen molar-refractivity contribution in [1.29, 1.82) is 0 Å². The molecule has 6 nitrogen and oxygen atoms in total. The van der Waals surface area contributed by atoms with Gasteiger partial charge in [-0.1, -0.05) is 12.1 Å². The van der Waals surface area contributed by atoms with E-state index in [1.807, 2.05) is 6.92 Å². The zero-order valence-electron chi connectivity index (χ0n) is 20.1. The lowest BCUT2D eigenvalue weighted by molar-refractivity contribution is -0.140. The second-order valence-electron chi connectivity index (χ2n) is 9.18. The van der Waals surface area contributed by atoms with Crippen LogP contribution >= 0.6 is 0 Å². The number of hydrogen-bond acceptors (Lipinski definition) is 4. The van der Waals surface area contributed by atoms with Crippen LogP contribution in [0, 0.1) is 12.7 Å². The van der Waals surface area contributed by atoms with E-state index in [0.717, 1.165) is 50.4 Å². The number of nitrogens with zero attached hydrogens (tertiary/aromatic N) is 2. The van der Waals surface area contributed by atoms with E-state index < -0.39 is 23.5 Å². The largest absolute Gasteiger partial charge is 0.419 e. The third kappa shape index (κ3) is 5.60. The van der Waals surface area contributed by atoms with Crippen LogP contribution in [0.4, 0.5) is 23.2 Å². The third-order valence-corrected chi connectivity index (χ3v) is 6.50. The fraction of sp³-hybridized carbons (Fsp3) is 0.385. The second kappa shape index (κ2) is 10.4. The van der Waals surface area contributed by atoms with E-state index in [2.05, 4.69) is 15.5 Å². The average Bonchev–Trinajstić information content (AvgIpc) is 2.81. The lowest BCUT2D eigenvalue weighted by Crippen LogP contribution is -2.45. The Bertz CT molecular complexity index is 1330. The molecule has 3 aromatic rings. The Hall–Kier alpha value is -3.24. The van der Waals surface area contributed by atoms with Crippen LogP contribution in [0.1, 0.15) is 29.7 Å². The summed E-state index contributed by atoms with van der Waals surface area (Å²) in [5.74, 6) is -1.95. The number of hydrogen-bond donors (Lipinski definition) is 2. The van der Waals surface area contributed by atoms with Crippen molar-refractivity contribution in [2.45, 2.75) is 32.5 Å². The van der Waals surface area contributed by atoms with Gasteiger partial charge in [-0.3, -0.25) is 14.5 Å². The summed E-state index contributed by atoms with van der Waals surface area (Å²) in [5.41, 5.74) is -0.265. The van der Waals surface area contributed by atoms with Crippen LogP contribution in [0.15, 0.2) is 47.4 Å². The van der Waals surface area contributed by atoms with E-state index in [1.165, 1.54) is 0 Å². The van der Waals surface area contributed by atoms with Crippen molar-refractivity contribution in [2.75, 3.05) is 38.0 Å². The number of rotatable bonds is 6. The minimum absolute atomic E-state index is 0.0473. The highest BCUT2D eigenvalue weighted by Gasteiger charge is 2.34. The van der Waals surface area contributed by atoms with E-state index in [4.69, 9.17) is 0 Å². The van der Waals surface area contributed by atoms with E-state index in [9.17, 15) is 27.2 Å². The number of halogens is 4. The molecule has 0 aliphatic carbocycles. The second-order valence-corrected chi connectivity index (χ2v) is 9.18. The molecule has 1 aliphatic rings. The minimum Gasteiger partial charge on any atom is -0.325 e. The minimum atomic E-state index is -4.81. The maximum Gasteiger partial charge on any atom is 0.419 e. The Balaban J connectivity index is 1.55. The molecule has 1 atom stereocenters. The summed E-state index contributed by atoms with van der Waals surface area (Å²) in [5, 5.41) is 7.09. The van der Waals surface area contributed by atoms with Crippen LogP contribution in [0.2, 0.25) is 0 Å². The van der Waals surface area contributed by atoms with Gasteiger partial charge in [-0.2, -0.15) is 13.2 Å². The maximum absolute atomic E-state index is 13.9. The van der Waals surface area contributed by atoms with Crippen LogP contribution < -0.4 is 16.2 Å². The van der Waals surface area contributed by atoms with E-state index in [0.29, 0.717) is 22.5 Å². The summed E-state index contributed by atoms with van der Waals surface area (Å²) in [7, 11) is 0. The first kappa shape index (κ1) is 25.8. The number of piperazine rings is 1. The lowest BCUT2D eigenvalue weighted by Gasteiger charge is -2.30. The topological polar surface area (TPSA) is 66.4 Å². The van der Waals surface area contributed by atoms with E-state index in [-0.39, 0.29) is 23.6 Å². The van der Waals surface area contributed by atoms with Crippen molar-refractivity contribution in [3.63, 3.8) is 0 Å².